The number of hydrogen-bond acceptors (Lipinski definition) is 4. The van der Waals surface area contributed by atoms with Crippen LogP contribution in [0.2, 0.25) is 0 Å². The molecule has 2 N–H and O–H groups in total. The van der Waals surface area contributed by atoms with E-state index in [4.69, 9.17) is 10.2 Å². The molecule has 0 saturated carbocycles. The van der Waals surface area contributed by atoms with Gasteiger partial charge in [0.15, 0.2) is 5.89 Å². The molecule has 1 fully saturated rings. The predicted octanol–water partition coefficient (Wildman–Crippen LogP) is 1.97. The molecule has 2 rings (SSSR count). The molecule has 4 nitrogen and oxygen atoms in total. The first-order chi connectivity index (χ1) is 8.19. The lowest BCUT2D eigenvalue weighted by Gasteiger charge is -2.30. The molecule has 1 aliphatic rings. The summed E-state index contributed by atoms with van der Waals surface area (Å²) < 4.78 is 5.65. The Balaban J connectivity index is 1.84. The molecule has 0 radical (unpaired) electrons. The molecule has 0 spiro atoms. The summed E-state index contributed by atoms with van der Waals surface area (Å²) in [6.07, 6.45) is 5.24. The van der Waals surface area contributed by atoms with Gasteiger partial charge in [0, 0.05) is 6.42 Å². The first-order valence-corrected chi connectivity index (χ1v) is 6.61. The topological polar surface area (TPSA) is 55.3 Å². The van der Waals surface area contributed by atoms with Crippen LogP contribution in [0.15, 0.2) is 10.6 Å². The molecule has 4 heteroatoms. The molecule has 96 valence electrons. The molecule has 1 aromatic rings. The SMILES string of the molecule is CCN1CCC(Cc2ncc(C(C)N)o2)CC1. The third-order valence-electron chi connectivity index (χ3n) is 3.64. The molecule has 1 unspecified atom stereocenters. The zero-order valence-corrected chi connectivity index (χ0v) is 10.9. The largest absolute Gasteiger partial charge is 0.444 e. The van der Waals surface area contributed by atoms with E-state index < -0.39 is 0 Å². The average Bonchev–Trinajstić information content (AvgIpc) is 2.79. The Bertz CT molecular complexity index is 340. The van der Waals surface area contributed by atoms with E-state index in [-0.39, 0.29) is 6.04 Å². The van der Waals surface area contributed by atoms with Crippen molar-refractivity contribution in [3.8, 4) is 0 Å². The molecular formula is C13H23N3O. The maximum atomic E-state index is 5.76. The third kappa shape index (κ3) is 3.30. The highest BCUT2D eigenvalue weighted by atomic mass is 16.4. The number of likely N-dealkylation sites (tertiary alicyclic amines) is 1. The summed E-state index contributed by atoms with van der Waals surface area (Å²) >= 11 is 0. The van der Waals surface area contributed by atoms with Crippen LogP contribution in [-0.4, -0.2) is 29.5 Å². The fourth-order valence-electron chi connectivity index (χ4n) is 2.38. The number of nitrogens with two attached hydrogens (primary N) is 1. The quantitative estimate of drug-likeness (QED) is 0.870. The number of hydrogen-bond donors (Lipinski definition) is 1. The second-order valence-electron chi connectivity index (χ2n) is 5.03. The van der Waals surface area contributed by atoms with Crippen molar-refractivity contribution < 1.29 is 4.42 Å². The van der Waals surface area contributed by atoms with Gasteiger partial charge in [-0.15, -0.1) is 0 Å². The Hall–Kier alpha value is -0.870. The summed E-state index contributed by atoms with van der Waals surface area (Å²) in [5, 5.41) is 0. The Kier molecular flexibility index (Phi) is 4.18. The van der Waals surface area contributed by atoms with Gasteiger partial charge in [-0.25, -0.2) is 4.98 Å². The van der Waals surface area contributed by atoms with Gasteiger partial charge in [0.25, 0.3) is 0 Å². The van der Waals surface area contributed by atoms with Gasteiger partial charge in [-0.3, -0.25) is 0 Å². The lowest BCUT2D eigenvalue weighted by Crippen LogP contribution is -2.34. The van der Waals surface area contributed by atoms with Crippen LogP contribution in [-0.2, 0) is 6.42 Å². The summed E-state index contributed by atoms with van der Waals surface area (Å²) in [6.45, 7) is 7.73. The Labute approximate surface area is 103 Å². The Morgan fingerprint density at radius 1 is 1.53 bits per heavy atom. The van der Waals surface area contributed by atoms with E-state index in [9.17, 15) is 0 Å². The Morgan fingerprint density at radius 2 is 2.24 bits per heavy atom. The minimum Gasteiger partial charge on any atom is -0.444 e. The van der Waals surface area contributed by atoms with E-state index in [0.717, 1.165) is 24.0 Å². The first-order valence-electron chi connectivity index (χ1n) is 6.61. The lowest BCUT2D eigenvalue weighted by atomic mass is 9.93. The van der Waals surface area contributed by atoms with Gasteiger partial charge in [0.05, 0.1) is 12.2 Å². The van der Waals surface area contributed by atoms with Crippen molar-refractivity contribution in [1.82, 2.24) is 9.88 Å². The van der Waals surface area contributed by atoms with Crippen LogP contribution < -0.4 is 5.73 Å². The van der Waals surface area contributed by atoms with E-state index in [0.29, 0.717) is 0 Å². The number of rotatable bonds is 4. The number of oxazole rings is 1. The minimum atomic E-state index is -0.0572. The zero-order chi connectivity index (χ0) is 12.3. The molecular weight excluding hydrogens is 214 g/mol. The molecule has 0 aromatic carbocycles. The molecule has 2 heterocycles. The molecule has 0 bridgehead atoms. The summed E-state index contributed by atoms with van der Waals surface area (Å²) in [6, 6.07) is -0.0572. The van der Waals surface area contributed by atoms with Gasteiger partial charge in [-0.1, -0.05) is 6.92 Å². The van der Waals surface area contributed by atoms with E-state index in [1.165, 1.54) is 32.5 Å². The van der Waals surface area contributed by atoms with Crippen LogP contribution in [0.25, 0.3) is 0 Å². The highest BCUT2D eigenvalue weighted by Crippen LogP contribution is 2.22. The predicted molar refractivity (Wildman–Crippen MR) is 67.6 cm³/mol. The van der Waals surface area contributed by atoms with Gasteiger partial charge in [-0.2, -0.15) is 0 Å². The molecule has 1 aliphatic heterocycles. The van der Waals surface area contributed by atoms with Crippen molar-refractivity contribution >= 4 is 0 Å². The number of piperidine rings is 1. The molecule has 17 heavy (non-hydrogen) atoms. The molecule has 0 amide bonds. The van der Waals surface area contributed by atoms with Crippen molar-refractivity contribution in [2.24, 2.45) is 11.7 Å². The molecule has 1 saturated heterocycles. The van der Waals surface area contributed by atoms with Crippen molar-refractivity contribution in [3.05, 3.63) is 17.8 Å². The van der Waals surface area contributed by atoms with E-state index in [2.05, 4.69) is 16.8 Å². The number of nitrogens with zero attached hydrogens (tertiary/aromatic N) is 2. The maximum absolute atomic E-state index is 5.76. The van der Waals surface area contributed by atoms with Crippen LogP contribution in [0.4, 0.5) is 0 Å². The van der Waals surface area contributed by atoms with Crippen LogP contribution in [0.3, 0.4) is 0 Å². The van der Waals surface area contributed by atoms with Gasteiger partial charge >= 0.3 is 0 Å². The van der Waals surface area contributed by atoms with Crippen molar-refractivity contribution in [1.29, 1.82) is 0 Å². The monoisotopic (exact) mass is 237 g/mol. The highest BCUT2D eigenvalue weighted by Gasteiger charge is 2.20. The van der Waals surface area contributed by atoms with Crippen LogP contribution in [0.1, 0.15) is 44.4 Å². The minimum absolute atomic E-state index is 0.0572. The summed E-state index contributed by atoms with van der Waals surface area (Å²) in [5.41, 5.74) is 5.76. The van der Waals surface area contributed by atoms with Crippen molar-refractivity contribution in [3.63, 3.8) is 0 Å². The third-order valence-corrected chi connectivity index (χ3v) is 3.64. The van der Waals surface area contributed by atoms with Crippen LogP contribution in [0, 0.1) is 5.92 Å². The molecule has 0 aliphatic carbocycles. The van der Waals surface area contributed by atoms with Gasteiger partial charge in [0.1, 0.15) is 5.76 Å². The van der Waals surface area contributed by atoms with E-state index in [1.54, 1.807) is 6.20 Å². The number of aromatic nitrogens is 1. The highest BCUT2D eigenvalue weighted by molar-refractivity contribution is 4.99. The normalized spacial score (nSPS) is 20.6. The fraction of sp³-hybridized carbons (Fsp3) is 0.769. The van der Waals surface area contributed by atoms with Gasteiger partial charge in [-0.05, 0) is 45.3 Å². The van der Waals surface area contributed by atoms with Crippen LogP contribution >= 0.6 is 0 Å². The first kappa shape index (κ1) is 12.6. The van der Waals surface area contributed by atoms with Crippen molar-refractivity contribution in [2.75, 3.05) is 19.6 Å². The van der Waals surface area contributed by atoms with E-state index in [1.807, 2.05) is 6.92 Å². The fourth-order valence-corrected chi connectivity index (χ4v) is 2.38. The smallest absolute Gasteiger partial charge is 0.194 e. The van der Waals surface area contributed by atoms with Crippen LogP contribution in [0.5, 0.6) is 0 Å². The molecule has 1 atom stereocenters. The maximum Gasteiger partial charge on any atom is 0.194 e. The van der Waals surface area contributed by atoms with E-state index >= 15 is 0 Å². The summed E-state index contributed by atoms with van der Waals surface area (Å²) in [7, 11) is 0. The van der Waals surface area contributed by atoms with Gasteiger partial charge < -0.3 is 15.1 Å². The summed E-state index contributed by atoms with van der Waals surface area (Å²) in [5.74, 6) is 2.37. The lowest BCUT2D eigenvalue weighted by molar-refractivity contribution is 0.186. The summed E-state index contributed by atoms with van der Waals surface area (Å²) in [4.78, 5) is 6.81. The second kappa shape index (κ2) is 5.65. The average molecular weight is 237 g/mol. The zero-order valence-electron chi connectivity index (χ0n) is 10.9. The second-order valence-corrected chi connectivity index (χ2v) is 5.03. The Morgan fingerprint density at radius 3 is 2.76 bits per heavy atom. The standard InChI is InChI=1S/C13H23N3O/c1-3-16-6-4-11(5-7-16)8-13-15-9-12(17-13)10(2)14/h9-11H,3-8,14H2,1-2H3. The van der Waals surface area contributed by atoms with Gasteiger partial charge in [0.2, 0.25) is 0 Å². The van der Waals surface area contributed by atoms with Crippen molar-refractivity contribution in [2.45, 2.75) is 39.2 Å². The molecule has 1 aromatic heterocycles.